The lowest BCUT2D eigenvalue weighted by Gasteiger charge is -2.09. The average Bonchev–Trinajstić information content (AvgIpc) is 2.57. The zero-order valence-electron chi connectivity index (χ0n) is 6.96. The second kappa shape index (κ2) is 3.56. The van der Waals surface area contributed by atoms with Crippen LogP contribution in [0.25, 0.3) is 0 Å². The van der Waals surface area contributed by atoms with Crippen molar-refractivity contribution in [3.8, 4) is 0 Å². The van der Waals surface area contributed by atoms with Gasteiger partial charge in [0.2, 0.25) is 0 Å². The summed E-state index contributed by atoms with van der Waals surface area (Å²) in [5.41, 5.74) is 1.40. The average molecular weight is 226 g/mol. The van der Waals surface area contributed by atoms with Crippen molar-refractivity contribution >= 4 is 15.9 Å². The molecule has 0 saturated heterocycles. The van der Waals surface area contributed by atoms with Gasteiger partial charge in [0.15, 0.2) is 0 Å². The Balaban J connectivity index is 2.26. The molecule has 1 nitrogen and oxygen atoms in total. The zero-order valence-corrected chi connectivity index (χ0v) is 8.55. The summed E-state index contributed by atoms with van der Waals surface area (Å²) < 4.78 is 1.23. The van der Waals surface area contributed by atoms with Crippen LogP contribution in [-0.2, 0) is 0 Å². The summed E-state index contributed by atoms with van der Waals surface area (Å²) in [6, 6.07) is 2.04. The molecule has 1 aromatic rings. The monoisotopic (exact) mass is 225 g/mol. The molecule has 0 bridgehead atoms. The summed E-state index contributed by atoms with van der Waals surface area (Å²) >= 11 is 3.57. The molecule has 0 radical (unpaired) electrons. The number of halogens is 1. The predicted molar refractivity (Wildman–Crippen MR) is 53.1 cm³/mol. The van der Waals surface area contributed by atoms with E-state index in [0.717, 1.165) is 5.92 Å². The maximum absolute atomic E-state index is 4.16. The fourth-order valence-electron chi connectivity index (χ4n) is 1.93. The second-order valence-corrected chi connectivity index (χ2v) is 4.23. The first kappa shape index (κ1) is 8.24. The van der Waals surface area contributed by atoms with E-state index in [9.17, 15) is 0 Å². The van der Waals surface area contributed by atoms with Gasteiger partial charge in [-0.25, -0.2) is 0 Å². The van der Waals surface area contributed by atoms with E-state index in [1.807, 2.05) is 18.5 Å². The molecule has 12 heavy (non-hydrogen) atoms. The van der Waals surface area contributed by atoms with Gasteiger partial charge in [-0.1, -0.05) is 28.8 Å². The van der Waals surface area contributed by atoms with E-state index in [1.54, 1.807) is 0 Å². The molecule has 0 N–H and O–H groups in total. The molecule has 1 aliphatic carbocycles. The van der Waals surface area contributed by atoms with Gasteiger partial charge in [-0.3, -0.25) is 4.98 Å². The third-order valence-electron chi connectivity index (χ3n) is 2.59. The Kier molecular flexibility index (Phi) is 2.45. The summed E-state index contributed by atoms with van der Waals surface area (Å²) in [4.78, 5) is 4.16. The minimum absolute atomic E-state index is 0.757. The van der Waals surface area contributed by atoms with Crippen molar-refractivity contribution in [1.82, 2.24) is 4.98 Å². The van der Waals surface area contributed by atoms with Crippen molar-refractivity contribution in [3.05, 3.63) is 28.5 Å². The molecule has 0 aromatic carbocycles. The highest BCUT2D eigenvalue weighted by atomic mass is 79.9. The van der Waals surface area contributed by atoms with Gasteiger partial charge in [0.25, 0.3) is 0 Å². The van der Waals surface area contributed by atoms with Crippen LogP contribution in [0.1, 0.15) is 37.2 Å². The number of aromatic nitrogens is 1. The first-order valence-corrected chi connectivity index (χ1v) is 5.26. The summed E-state index contributed by atoms with van der Waals surface area (Å²) in [5, 5.41) is 0. The number of pyridine rings is 1. The van der Waals surface area contributed by atoms with Crippen LogP contribution in [0, 0.1) is 0 Å². The molecule has 0 spiro atoms. The highest BCUT2D eigenvalue weighted by Crippen LogP contribution is 2.36. The Morgan fingerprint density at radius 3 is 2.75 bits per heavy atom. The standard InChI is InChI=1S/C10H12BrN/c11-10-5-6-12-7-9(10)8-3-1-2-4-8/h5-8H,1-4H2. The van der Waals surface area contributed by atoms with Gasteiger partial charge in [-0.15, -0.1) is 0 Å². The molecule has 0 atom stereocenters. The molecule has 2 heteroatoms. The lowest BCUT2D eigenvalue weighted by Crippen LogP contribution is -1.93. The van der Waals surface area contributed by atoms with Crippen LogP contribution in [0.5, 0.6) is 0 Å². The normalized spacial score (nSPS) is 18.4. The maximum Gasteiger partial charge on any atom is 0.0313 e. The molecule has 1 saturated carbocycles. The van der Waals surface area contributed by atoms with Gasteiger partial charge >= 0.3 is 0 Å². The Bertz CT molecular complexity index is 266. The first-order chi connectivity index (χ1) is 5.88. The van der Waals surface area contributed by atoms with E-state index < -0.39 is 0 Å². The van der Waals surface area contributed by atoms with E-state index in [4.69, 9.17) is 0 Å². The van der Waals surface area contributed by atoms with E-state index in [1.165, 1.54) is 35.7 Å². The van der Waals surface area contributed by atoms with Crippen molar-refractivity contribution in [2.75, 3.05) is 0 Å². The number of hydrogen-bond acceptors (Lipinski definition) is 1. The van der Waals surface area contributed by atoms with Crippen molar-refractivity contribution in [2.45, 2.75) is 31.6 Å². The quantitative estimate of drug-likeness (QED) is 0.714. The van der Waals surface area contributed by atoms with Gasteiger partial charge in [-0.2, -0.15) is 0 Å². The van der Waals surface area contributed by atoms with Crippen LogP contribution in [0.2, 0.25) is 0 Å². The first-order valence-electron chi connectivity index (χ1n) is 4.47. The highest BCUT2D eigenvalue weighted by Gasteiger charge is 2.18. The number of nitrogens with zero attached hydrogens (tertiary/aromatic N) is 1. The lowest BCUT2D eigenvalue weighted by molar-refractivity contribution is 0.715. The molecule has 1 aliphatic rings. The Morgan fingerprint density at radius 1 is 1.33 bits per heavy atom. The molecule has 2 rings (SSSR count). The topological polar surface area (TPSA) is 12.9 Å². The van der Waals surface area contributed by atoms with Crippen molar-refractivity contribution in [3.63, 3.8) is 0 Å². The molecule has 0 unspecified atom stereocenters. The molecule has 0 aliphatic heterocycles. The minimum Gasteiger partial charge on any atom is -0.264 e. The van der Waals surface area contributed by atoms with Crippen molar-refractivity contribution < 1.29 is 0 Å². The van der Waals surface area contributed by atoms with Gasteiger partial charge in [0.1, 0.15) is 0 Å². The molecule has 1 heterocycles. The van der Waals surface area contributed by atoms with Gasteiger partial charge in [0.05, 0.1) is 0 Å². The summed E-state index contributed by atoms with van der Waals surface area (Å²) in [6.45, 7) is 0. The zero-order chi connectivity index (χ0) is 8.39. The van der Waals surface area contributed by atoms with Gasteiger partial charge < -0.3 is 0 Å². The van der Waals surface area contributed by atoms with Crippen LogP contribution in [0.3, 0.4) is 0 Å². The number of hydrogen-bond donors (Lipinski definition) is 0. The second-order valence-electron chi connectivity index (χ2n) is 3.38. The van der Waals surface area contributed by atoms with Crippen LogP contribution in [0.15, 0.2) is 22.9 Å². The Hall–Kier alpha value is -0.370. The van der Waals surface area contributed by atoms with Crippen molar-refractivity contribution in [1.29, 1.82) is 0 Å². The van der Waals surface area contributed by atoms with E-state index in [0.29, 0.717) is 0 Å². The third kappa shape index (κ3) is 1.53. The fourth-order valence-corrected chi connectivity index (χ4v) is 2.47. The molecule has 1 fully saturated rings. The summed E-state index contributed by atoms with van der Waals surface area (Å²) in [7, 11) is 0. The minimum atomic E-state index is 0.757. The number of rotatable bonds is 1. The van der Waals surface area contributed by atoms with Gasteiger partial charge in [0, 0.05) is 16.9 Å². The lowest BCUT2D eigenvalue weighted by atomic mass is 10.00. The molecule has 64 valence electrons. The van der Waals surface area contributed by atoms with E-state index in [-0.39, 0.29) is 0 Å². The smallest absolute Gasteiger partial charge is 0.0313 e. The summed E-state index contributed by atoms with van der Waals surface area (Å²) in [6.07, 6.45) is 9.27. The largest absolute Gasteiger partial charge is 0.264 e. The predicted octanol–water partition coefficient (Wildman–Crippen LogP) is 3.50. The maximum atomic E-state index is 4.16. The van der Waals surface area contributed by atoms with Gasteiger partial charge in [-0.05, 0) is 30.4 Å². The molecular weight excluding hydrogens is 214 g/mol. The van der Waals surface area contributed by atoms with E-state index >= 15 is 0 Å². The Labute approximate surface area is 81.3 Å². The van der Waals surface area contributed by atoms with Crippen LogP contribution in [0.4, 0.5) is 0 Å². The van der Waals surface area contributed by atoms with Crippen LogP contribution >= 0.6 is 15.9 Å². The van der Waals surface area contributed by atoms with E-state index in [2.05, 4.69) is 20.9 Å². The fraction of sp³-hybridized carbons (Fsp3) is 0.500. The SMILES string of the molecule is Brc1ccncc1C1CCCC1. The van der Waals surface area contributed by atoms with Crippen LogP contribution in [-0.4, -0.2) is 4.98 Å². The highest BCUT2D eigenvalue weighted by molar-refractivity contribution is 9.10. The van der Waals surface area contributed by atoms with Crippen LogP contribution < -0.4 is 0 Å². The Morgan fingerprint density at radius 2 is 2.08 bits per heavy atom. The molecule has 0 amide bonds. The van der Waals surface area contributed by atoms with Crippen molar-refractivity contribution in [2.24, 2.45) is 0 Å². The third-order valence-corrected chi connectivity index (χ3v) is 3.31. The summed E-state index contributed by atoms with van der Waals surface area (Å²) in [5.74, 6) is 0.757. The molecule has 1 aromatic heterocycles. The molecular formula is C10H12BrN.